The highest BCUT2D eigenvalue weighted by Gasteiger charge is 2.51. The number of phosphoric ester groups is 1. The van der Waals surface area contributed by atoms with Crippen molar-refractivity contribution in [1.29, 1.82) is 0 Å². The Hall–Kier alpha value is -2.52. The molecular formula is C49H85O14P. The molecule has 0 aromatic rings. The molecule has 1 fully saturated rings. The largest absolute Gasteiger partial charge is 0.472 e. The molecule has 0 aliphatic heterocycles. The molecule has 370 valence electrons. The molecule has 0 aromatic carbocycles. The van der Waals surface area contributed by atoms with Crippen molar-refractivity contribution in [2.75, 3.05) is 13.2 Å². The van der Waals surface area contributed by atoms with Crippen molar-refractivity contribution >= 4 is 25.5 Å². The van der Waals surface area contributed by atoms with Crippen molar-refractivity contribution in [2.24, 2.45) is 0 Å². The van der Waals surface area contributed by atoms with Crippen LogP contribution in [0.4, 0.5) is 0 Å². The number of rotatable bonds is 40. The Bertz CT molecular complexity index is 1370. The summed E-state index contributed by atoms with van der Waals surface area (Å²) in [6.45, 7) is 3.12. The summed E-state index contributed by atoms with van der Waals surface area (Å²) in [5.74, 6) is -1.13. The van der Waals surface area contributed by atoms with E-state index in [1.165, 1.54) is 64.2 Å². The molecule has 64 heavy (non-hydrogen) atoms. The Balaban J connectivity index is 2.46. The molecule has 1 aliphatic carbocycles. The Kier molecular flexibility index (Phi) is 35.9. The van der Waals surface area contributed by atoms with E-state index >= 15 is 0 Å². The first-order chi connectivity index (χ1) is 30.8. The number of allylic oxidation sites excluding steroid dienone is 8. The summed E-state index contributed by atoms with van der Waals surface area (Å²) in [5.41, 5.74) is 0. The van der Waals surface area contributed by atoms with Crippen LogP contribution in [-0.4, -0.2) is 104 Å². The number of hydrogen-bond donors (Lipinski definition) is 6. The molecule has 3 unspecified atom stereocenters. The van der Waals surface area contributed by atoms with Crippen LogP contribution in [0.15, 0.2) is 48.6 Å². The molecule has 1 rings (SSSR count). The van der Waals surface area contributed by atoms with Gasteiger partial charge in [0.25, 0.3) is 0 Å². The lowest BCUT2D eigenvalue weighted by atomic mass is 9.85. The molecule has 1 aliphatic rings. The standard InChI is InChI=1S/C49H85O14P/c1-3-5-7-9-11-12-13-14-15-16-17-18-19-20-21-22-24-28-32-36-42(51)60-38-41(39-61-64(58,59)63-49-47(56)45(54)44(53)46(55)48(49)57)62-43(52)37-33-29-25-27-31-35-40(50)34-30-26-23-10-8-6-4-2/h11-12,14-15,23,26,30,34,41,44-49,53-57H,3-10,13,16-22,24-25,27-29,31-33,35-39H2,1-2H3,(H,58,59)/b12-11-,15-14-,26-23-,34-30+/t41-,44?,45-,46+,47-,48-,49?/m1/s1. The number of hydrogen-bond acceptors (Lipinski definition) is 13. The zero-order chi connectivity index (χ0) is 47.3. The summed E-state index contributed by atoms with van der Waals surface area (Å²) in [6, 6.07) is 0. The van der Waals surface area contributed by atoms with Gasteiger partial charge in [-0.25, -0.2) is 4.57 Å². The maximum atomic E-state index is 12.8. The van der Waals surface area contributed by atoms with Gasteiger partial charge in [0.1, 0.15) is 43.2 Å². The van der Waals surface area contributed by atoms with Gasteiger partial charge in [-0.1, -0.05) is 146 Å². The fourth-order valence-electron chi connectivity index (χ4n) is 7.12. The fraction of sp³-hybridized carbons (Fsp3) is 0.776. The van der Waals surface area contributed by atoms with Crippen LogP contribution in [0.25, 0.3) is 0 Å². The minimum Gasteiger partial charge on any atom is -0.462 e. The molecule has 0 aromatic heterocycles. The maximum absolute atomic E-state index is 12.8. The second kappa shape index (κ2) is 38.6. The van der Waals surface area contributed by atoms with E-state index in [0.29, 0.717) is 25.7 Å². The Labute approximate surface area is 384 Å². The lowest BCUT2D eigenvalue weighted by Crippen LogP contribution is -2.64. The molecule has 0 spiro atoms. The SMILES string of the molecule is CCCCC/C=C\C=C\C(=O)CCCCCCCC(=O)O[C@H](COC(=O)CCCCCCCCCCC/C=C\C/C=C\CCCCC)COP(=O)(O)OC1[C@H](O)[C@H](O)C(O)[C@H](O)[C@H]1O. The summed E-state index contributed by atoms with van der Waals surface area (Å²) in [5, 5.41) is 50.2. The van der Waals surface area contributed by atoms with E-state index in [-0.39, 0.29) is 18.6 Å². The van der Waals surface area contributed by atoms with Gasteiger partial charge in [0.15, 0.2) is 11.9 Å². The van der Waals surface area contributed by atoms with Gasteiger partial charge in [-0.05, 0) is 70.3 Å². The Morgan fingerprint density at radius 2 is 0.984 bits per heavy atom. The molecule has 6 N–H and O–H groups in total. The van der Waals surface area contributed by atoms with Crippen LogP contribution in [0.2, 0.25) is 0 Å². The van der Waals surface area contributed by atoms with Gasteiger partial charge in [-0.3, -0.25) is 23.4 Å². The Morgan fingerprint density at radius 1 is 0.531 bits per heavy atom. The number of aliphatic hydroxyl groups is 5. The number of esters is 2. The molecule has 15 heteroatoms. The van der Waals surface area contributed by atoms with E-state index in [1.54, 1.807) is 12.2 Å². The first-order valence-electron chi connectivity index (χ1n) is 24.4. The zero-order valence-electron chi connectivity index (χ0n) is 39.1. The minimum absolute atomic E-state index is 0.0112. The number of carbonyl (C=O) groups excluding carboxylic acids is 3. The van der Waals surface area contributed by atoms with E-state index in [2.05, 4.69) is 44.2 Å². The Morgan fingerprint density at radius 3 is 1.53 bits per heavy atom. The number of phosphoric acid groups is 1. The maximum Gasteiger partial charge on any atom is 0.472 e. The molecule has 0 amide bonds. The third-order valence-electron chi connectivity index (χ3n) is 11.1. The summed E-state index contributed by atoms with van der Waals surface area (Å²) < 4.78 is 33.5. The van der Waals surface area contributed by atoms with Crippen LogP contribution < -0.4 is 0 Å². The predicted molar refractivity (Wildman–Crippen MR) is 249 cm³/mol. The van der Waals surface area contributed by atoms with Crippen molar-refractivity contribution in [3.63, 3.8) is 0 Å². The van der Waals surface area contributed by atoms with Crippen LogP contribution in [0.5, 0.6) is 0 Å². The first kappa shape index (κ1) is 59.5. The number of unbranched alkanes of at least 4 members (excludes halogenated alkanes) is 19. The van der Waals surface area contributed by atoms with Crippen LogP contribution in [0.3, 0.4) is 0 Å². The van der Waals surface area contributed by atoms with Crippen LogP contribution in [0, 0.1) is 0 Å². The monoisotopic (exact) mass is 929 g/mol. The normalized spacial score (nSPS) is 21.9. The molecule has 0 saturated heterocycles. The van der Waals surface area contributed by atoms with Gasteiger partial charge in [-0.15, -0.1) is 0 Å². The van der Waals surface area contributed by atoms with Crippen molar-refractivity contribution in [1.82, 2.24) is 0 Å². The van der Waals surface area contributed by atoms with Gasteiger partial charge in [0, 0.05) is 19.3 Å². The number of aliphatic hydroxyl groups excluding tert-OH is 5. The summed E-state index contributed by atoms with van der Waals surface area (Å²) in [7, 11) is -5.15. The van der Waals surface area contributed by atoms with E-state index in [9.17, 15) is 49.4 Å². The summed E-state index contributed by atoms with van der Waals surface area (Å²) in [4.78, 5) is 47.9. The van der Waals surface area contributed by atoms with E-state index in [1.807, 2.05) is 6.08 Å². The molecule has 0 heterocycles. The van der Waals surface area contributed by atoms with Gasteiger partial charge in [-0.2, -0.15) is 0 Å². The number of ether oxygens (including phenoxy) is 2. The fourth-order valence-corrected chi connectivity index (χ4v) is 8.09. The average molecular weight is 929 g/mol. The minimum atomic E-state index is -5.15. The van der Waals surface area contributed by atoms with Gasteiger partial charge in [0.05, 0.1) is 6.61 Å². The second-order valence-corrected chi connectivity index (χ2v) is 18.4. The zero-order valence-corrected chi connectivity index (χ0v) is 40.0. The molecule has 0 bridgehead atoms. The van der Waals surface area contributed by atoms with Gasteiger partial charge < -0.3 is 39.9 Å². The summed E-state index contributed by atoms with van der Waals surface area (Å²) >= 11 is 0. The number of ketones is 1. The smallest absolute Gasteiger partial charge is 0.462 e. The first-order valence-corrected chi connectivity index (χ1v) is 25.9. The van der Waals surface area contributed by atoms with Crippen molar-refractivity contribution in [2.45, 2.75) is 230 Å². The van der Waals surface area contributed by atoms with Crippen LogP contribution in [0.1, 0.15) is 187 Å². The highest BCUT2D eigenvalue weighted by Crippen LogP contribution is 2.47. The van der Waals surface area contributed by atoms with Crippen LogP contribution in [-0.2, 0) is 37.5 Å². The highest BCUT2D eigenvalue weighted by atomic mass is 31.2. The molecule has 8 atom stereocenters. The molecule has 1 saturated carbocycles. The van der Waals surface area contributed by atoms with E-state index < -0.39 is 75.7 Å². The van der Waals surface area contributed by atoms with E-state index in [0.717, 1.165) is 70.6 Å². The third kappa shape index (κ3) is 30.6. The van der Waals surface area contributed by atoms with Gasteiger partial charge in [0.2, 0.25) is 0 Å². The quantitative estimate of drug-likeness (QED) is 0.00842. The number of carbonyl (C=O) groups is 3. The van der Waals surface area contributed by atoms with Crippen LogP contribution >= 0.6 is 7.82 Å². The topological polar surface area (TPSA) is 227 Å². The average Bonchev–Trinajstić information content (AvgIpc) is 3.27. The lowest BCUT2D eigenvalue weighted by Gasteiger charge is -2.41. The molecule has 0 radical (unpaired) electrons. The highest BCUT2D eigenvalue weighted by molar-refractivity contribution is 7.47. The van der Waals surface area contributed by atoms with Crippen molar-refractivity contribution < 1.29 is 67.9 Å². The van der Waals surface area contributed by atoms with Crippen molar-refractivity contribution in [3.05, 3.63) is 48.6 Å². The summed E-state index contributed by atoms with van der Waals surface area (Å²) in [6.07, 6.45) is 28.3. The second-order valence-electron chi connectivity index (χ2n) is 17.0. The predicted octanol–water partition coefficient (Wildman–Crippen LogP) is 9.13. The third-order valence-corrected chi connectivity index (χ3v) is 12.1. The van der Waals surface area contributed by atoms with Crippen molar-refractivity contribution in [3.8, 4) is 0 Å². The lowest BCUT2D eigenvalue weighted by molar-refractivity contribution is -0.220. The molecule has 14 nitrogen and oxygen atoms in total. The molecular weight excluding hydrogens is 843 g/mol. The van der Waals surface area contributed by atoms with E-state index in [4.69, 9.17) is 18.5 Å². The van der Waals surface area contributed by atoms with Gasteiger partial charge >= 0.3 is 19.8 Å².